The van der Waals surface area contributed by atoms with Gasteiger partial charge in [-0.25, -0.2) is 9.37 Å². The number of nitrogens with zero attached hydrogens (tertiary/aromatic N) is 6. The number of nitrogens with one attached hydrogen (secondary N) is 2. The molecule has 2 N–H and O–H groups in total. The summed E-state index contributed by atoms with van der Waals surface area (Å²) in [5.41, 5.74) is 0.962. The molecule has 2 atom stereocenters. The van der Waals surface area contributed by atoms with E-state index in [0.717, 1.165) is 11.3 Å². The van der Waals surface area contributed by atoms with Gasteiger partial charge in [-0.05, 0) is 52.4 Å². The molecule has 0 spiro atoms. The lowest BCUT2D eigenvalue weighted by Crippen LogP contribution is -2.46. The van der Waals surface area contributed by atoms with Crippen LogP contribution in [0, 0.1) is 0 Å². The first-order valence-electron chi connectivity index (χ1n) is 13.2. The third-order valence-corrected chi connectivity index (χ3v) is 7.93. The number of hydrogen-bond acceptors (Lipinski definition) is 7. The van der Waals surface area contributed by atoms with Crippen molar-refractivity contribution in [3.05, 3.63) is 53.1 Å². The molecule has 4 aromatic rings. The maximum absolute atomic E-state index is 14.7. The van der Waals surface area contributed by atoms with E-state index in [1.165, 1.54) is 10.6 Å². The van der Waals surface area contributed by atoms with Crippen molar-refractivity contribution < 1.29 is 22.4 Å². The quantitative estimate of drug-likeness (QED) is 0.297. The molecule has 1 aliphatic heterocycles. The first-order chi connectivity index (χ1) is 19.3. The summed E-state index contributed by atoms with van der Waals surface area (Å²) in [6.07, 6.45) is -1.23. The fraction of sp³-hybridized carbons (Fsp3) is 0.481. The zero-order chi connectivity index (χ0) is 29.5. The number of anilines is 1. The Balaban J connectivity index is 1.40. The molecule has 1 fully saturated rings. The smallest absolute Gasteiger partial charge is 0.376 e. The summed E-state index contributed by atoms with van der Waals surface area (Å²) in [4.78, 5) is 19.1. The van der Waals surface area contributed by atoms with Gasteiger partial charge in [0.25, 0.3) is 5.91 Å². The molecule has 1 saturated heterocycles. The summed E-state index contributed by atoms with van der Waals surface area (Å²) in [7, 11) is 1.85. The van der Waals surface area contributed by atoms with Crippen LogP contribution in [0.5, 0.6) is 0 Å². The van der Waals surface area contributed by atoms with Crippen molar-refractivity contribution in [3.8, 4) is 10.7 Å². The molecule has 0 bridgehead atoms. The van der Waals surface area contributed by atoms with Crippen LogP contribution in [0.2, 0.25) is 0 Å². The summed E-state index contributed by atoms with van der Waals surface area (Å²) in [6, 6.07) is 4.52. The highest BCUT2D eigenvalue weighted by molar-refractivity contribution is 7.14. The fourth-order valence-corrected chi connectivity index (χ4v) is 5.60. The van der Waals surface area contributed by atoms with E-state index in [1.54, 1.807) is 24.4 Å². The van der Waals surface area contributed by atoms with Crippen molar-refractivity contribution in [2.45, 2.75) is 64.1 Å². The van der Waals surface area contributed by atoms with Gasteiger partial charge in [-0.2, -0.15) is 13.2 Å². The van der Waals surface area contributed by atoms with Gasteiger partial charge in [0.15, 0.2) is 10.7 Å². The van der Waals surface area contributed by atoms with E-state index in [-0.39, 0.29) is 46.6 Å². The number of halogens is 4. The number of alkyl halides is 4. The Morgan fingerprint density at radius 3 is 2.63 bits per heavy atom. The number of piperidine rings is 1. The van der Waals surface area contributed by atoms with E-state index in [4.69, 9.17) is 0 Å². The third kappa shape index (κ3) is 6.53. The highest BCUT2D eigenvalue weighted by atomic mass is 32.1. The molecule has 9 nitrogen and oxygen atoms in total. The lowest BCUT2D eigenvalue weighted by atomic mass is 10.0. The van der Waals surface area contributed by atoms with Crippen LogP contribution in [0.1, 0.15) is 48.3 Å². The van der Waals surface area contributed by atoms with Gasteiger partial charge < -0.3 is 24.5 Å². The minimum absolute atomic E-state index is 0.0501. The van der Waals surface area contributed by atoms with Crippen molar-refractivity contribution in [2.75, 3.05) is 25.5 Å². The molecule has 0 unspecified atom stereocenters. The zero-order valence-electron chi connectivity index (χ0n) is 23.2. The lowest BCUT2D eigenvalue weighted by Gasteiger charge is -2.33. The summed E-state index contributed by atoms with van der Waals surface area (Å²) in [5.74, 6) is -0.300. The highest BCUT2D eigenvalue weighted by Crippen LogP contribution is 2.34. The van der Waals surface area contributed by atoms with Crippen LogP contribution in [-0.4, -0.2) is 73.5 Å². The molecule has 1 aliphatic rings. The van der Waals surface area contributed by atoms with Gasteiger partial charge in [0, 0.05) is 37.2 Å². The number of likely N-dealkylation sites (tertiary alicyclic amines) is 1. The van der Waals surface area contributed by atoms with Gasteiger partial charge in [0.2, 0.25) is 0 Å². The van der Waals surface area contributed by atoms with Gasteiger partial charge in [0.05, 0.1) is 36.0 Å². The number of imidazole rings is 1. The predicted molar refractivity (Wildman–Crippen MR) is 149 cm³/mol. The predicted octanol–water partition coefficient (Wildman–Crippen LogP) is 4.90. The molecular weight excluding hydrogens is 560 g/mol. The Bertz CT molecular complexity index is 1540. The first kappa shape index (κ1) is 29.0. The number of pyridine rings is 1. The number of rotatable bonds is 7. The average molecular weight is 593 g/mol. The van der Waals surface area contributed by atoms with Crippen LogP contribution in [0.3, 0.4) is 0 Å². The van der Waals surface area contributed by atoms with Gasteiger partial charge in [0.1, 0.15) is 16.9 Å². The van der Waals surface area contributed by atoms with Crippen LogP contribution >= 0.6 is 11.3 Å². The van der Waals surface area contributed by atoms with E-state index in [2.05, 4.69) is 25.8 Å². The SMILES string of the molecule is CN1CC[C@@H](Nc2cccn3c(CC(F)(F)F)c(-c4nnc(CNC(=O)c5ccn(C(C)(C)C)c5)s4)nc23)[C@@H](F)C1. The van der Waals surface area contributed by atoms with E-state index in [0.29, 0.717) is 29.2 Å². The summed E-state index contributed by atoms with van der Waals surface area (Å²) < 4.78 is 59.0. The molecule has 41 heavy (non-hydrogen) atoms. The van der Waals surface area contributed by atoms with Gasteiger partial charge >= 0.3 is 6.18 Å². The Labute approximate surface area is 238 Å². The van der Waals surface area contributed by atoms with E-state index in [9.17, 15) is 22.4 Å². The van der Waals surface area contributed by atoms with E-state index >= 15 is 0 Å². The molecule has 0 aliphatic carbocycles. The van der Waals surface area contributed by atoms with Gasteiger partial charge in [-0.15, -0.1) is 10.2 Å². The van der Waals surface area contributed by atoms with Crippen molar-refractivity contribution in [1.29, 1.82) is 0 Å². The maximum Gasteiger partial charge on any atom is 0.394 e. The molecule has 0 aromatic carbocycles. The van der Waals surface area contributed by atoms with Crippen molar-refractivity contribution in [2.24, 2.45) is 0 Å². The van der Waals surface area contributed by atoms with Gasteiger partial charge in [-0.3, -0.25) is 4.79 Å². The molecule has 0 radical (unpaired) electrons. The maximum atomic E-state index is 14.7. The topological polar surface area (TPSA) is 92.4 Å². The van der Waals surface area contributed by atoms with Gasteiger partial charge in [-0.1, -0.05) is 11.3 Å². The normalized spacial score (nSPS) is 18.6. The molecule has 220 valence electrons. The lowest BCUT2D eigenvalue weighted by molar-refractivity contribution is -0.127. The summed E-state index contributed by atoms with van der Waals surface area (Å²) in [5, 5.41) is 14.8. The summed E-state index contributed by atoms with van der Waals surface area (Å²) in [6.45, 7) is 7.10. The average Bonchev–Trinajstić information content (AvgIpc) is 3.63. The summed E-state index contributed by atoms with van der Waals surface area (Å²) >= 11 is 1.06. The Kier molecular flexibility index (Phi) is 7.81. The zero-order valence-corrected chi connectivity index (χ0v) is 24.0. The number of fused-ring (bicyclic) bond motifs is 1. The Morgan fingerprint density at radius 1 is 1.17 bits per heavy atom. The number of aromatic nitrogens is 5. The van der Waals surface area contributed by atoms with Crippen LogP contribution in [-0.2, 0) is 18.5 Å². The molecule has 1 amide bonds. The number of carbonyl (C=O) groups is 1. The second-order valence-corrected chi connectivity index (χ2v) is 12.4. The molecule has 5 heterocycles. The third-order valence-electron chi connectivity index (χ3n) is 7.00. The van der Waals surface area contributed by atoms with Crippen LogP contribution in [0.15, 0.2) is 36.8 Å². The number of amides is 1. The molecule has 0 saturated carbocycles. The molecule has 5 rings (SSSR count). The standard InChI is InChI=1S/C27H32F4N8OS/c1-26(2,3)38-11-7-16(14-38)24(40)32-13-21-35-36-25(41-21)22-20(12-27(29,30)31)39-9-5-6-19(23(39)34-22)33-18-8-10-37(4)15-17(18)28/h5-7,9,11,14,17-18,33H,8,10,12-13,15H2,1-4H3,(H,32,40)/t17-,18+/m0/s1. The number of carbonyl (C=O) groups excluding carboxylic acids is 1. The molecule has 4 aromatic heterocycles. The minimum Gasteiger partial charge on any atom is -0.376 e. The van der Waals surface area contributed by atoms with Crippen LogP contribution in [0.25, 0.3) is 16.3 Å². The molecular formula is C27H32F4N8OS. The monoisotopic (exact) mass is 592 g/mol. The van der Waals surface area contributed by atoms with Crippen LogP contribution < -0.4 is 10.6 Å². The second kappa shape index (κ2) is 11.0. The highest BCUT2D eigenvalue weighted by Gasteiger charge is 2.34. The fourth-order valence-electron chi connectivity index (χ4n) is 4.81. The first-order valence-corrected chi connectivity index (χ1v) is 14.1. The van der Waals surface area contributed by atoms with Crippen molar-refractivity contribution in [3.63, 3.8) is 0 Å². The van der Waals surface area contributed by atoms with E-state index in [1.807, 2.05) is 43.5 Å². The number of hydrogen-bond donors (Lipinski definition) is 2. The largest absolute Gasteiger partial charge is 0.394 e. The Hall–Kier alpha value is -3.52. The van der Waals surface area contributed by atoms with Crippen molar-refractivity contribution >= 4 is 28.6 Å². The van der Waals surface area contributed by atoms with Crippen LogP contribution in [0.4, 0.5) is 23.2 Å². The second-order valence-electron chi connectivity index (χ2n) is 11.3. The van der Waals surface area contributed by atoms with E-state index < -0.39 is 24.8 Å². The minimum atomic E-state index is -4.50. The molecule has 14 heteroatoms. The van der Waals surface area contributed by atoms with Crippen molar-refractivity contribution in [1.82, 2.24) is 34.4 Å². The Morgan fingerprint density at radius 2 is 1.95 bits per heavy atom.